The third-order valence-electron chi connectivity index (χ3n) is 10.3. The van der Waals surface area contributed by atoms with Crippen molar-refractivity contribution in [1.82, 2.24) is 0 Å². The Morgan fingerprint density at radius 2 is 1.82 bits per heavy atom. The van der Waals surface area contributed by atoms with Crippen LogP contribution in [0.1, 0.15) is 105 Å². The van der Waals surface area contributed by atoms with E-state index in [4.69, 9.17) is 0 Å². The highest BCUT2D eigenvalue weighted by Gasteiger charge is 2.61. The Bertz CT molecular complexity index is 579. The fraction of sp³-hybridized carbons (Fsp3) is 0.926. The molecule has 4 saturated carbocycles. The van der Waals surface area contributed by atoms with Crippen LogP contribution >= 0.6 is 0 Å². The normalized spacial score (nSPS) is 46.8. The minimum atomic E-state index is 0.209. The van der Waals surface area contributed by atoms with Crippen LogP contribution in [0.4, 0.5) is 0 Å². The lowest BCUT2D eigenvalue weighted by Gasteiger charge is -2.60. The fourth-order valence-corrected chi connectivity index (χ4v) is 8.85. The van der Waals surface area contributed by atoms with E-state index in [0.717, 1.165) is 42.4 Å². The summed E-state index contributed by atoms with van der Waals surface area (Å²) in [6.07, 6.45) is 16.9. The van der Waals surface area contributed by atoms with Gasteiger partial charge in [0.25, 0.3) is 0 Å². The number of Topliss-reactive ketones (excluding diaryl/α,β-unsaturated/α-hetero) is 1. The summed E-state index contributed by atoms with van der Waals surface area (Å²) in [6.45, 7) is 12.4. The molecule has 0 saturated heterocycles. The van der Waals surface area contributed by atoms with Crippen LogP contribution in [0.25, 0.3) is 0 Å². The number of hydrogen-bond donors (Lipinski definition) is 0. The molecule has 0 aromatic heterocycles. The van der Waals surface area contributed by atoms with Crippen LogP contribution in [0.5, 0.6) is 0 Å². The Labute approximate surface area is 174 Å². The standard InChI is InChI=1S/C27H45O/c1-18(2)9-8-10-19(3)21-12-13-22-20-17-25(28)24-11-6-7-15-26(24,4)23(20)14-16-27(21,22)5/h15,18-24H,6-14,16-17H2,1-5H3/t19-,20+,21-,22+,23+,24?,26-,27-/m1/s1. The largest absolute Gasteiger partial charge is 0.299 e. The maximum atomic E-state index is 13.2. The molecule has 0 N–H and O–H groups in total. The molecule has 0 bridgehead atoms. The predicted octanol–water partition coefficient (Wildman–Crippen LogP) is 7.49. The summed E-state index contributed by atoms with van der Waals surface area (Å²) in [5.74, 6) is 5.81. The molecular formula is C27H45O. The van der Waals surface area contributed by atoms with Crippen molar-refractivity contribution in [2.75, 3.05) is 0 Å². The van der Waals surface area contributed by atoms with Gasteiger partial charge in [0, 0.05) is 12.3 Å². The zero-order valence-electron chi connectivity index (χ0n) is 19.3. The molecule has 4 aliphatic carbocycles. The second-order valence-corrected chi connectivity index (χ2v) is 12.1. The Kier molecular flexibility index (Phi) is 5.78. The predicted molar refractivity (Wildman–Crippen MR) is 118 cm³/mol. The first-order valence-electron chi connectivity index (χ1n) is 12.6. The lowest BCUT2D eigenvalue weighted by molar-refractivity contribution is -0.148. The van der Waals surface area contributed by atoms with E-state index in [9.17, 15) is 4.79 Å². The van der Waals surface area contributed by atoms with Crippen molar-refractivity contribution in [3.8, 4) is 0 Å². The molecule has 0 aromatic rings. The number of carbonyl (C=O) groups is 1. The van der Waals surface area contributed by atoms with Crippen molar-refractivity contribution in [1.29, 1.82) is 0 Å². The van der Waals surface area contributed by atoms with Gasteiger partial charge in [0.05, 0.1) is 0 Å². The van der Waals surface area contributed by atoms with E-state index in [1.165, 1.54) is 57.8 Å². The lowest BCUT2D eigenvalue weighted by atomic mass is 9.44. The molecule has 1 radical (unpaired) electrons. The van der Waals surface area contributed by atoms with Gasteiger partial charge in [0.2, 0.25) is 0 Å². The summed E-state index contributed by atoms with van der Waals surface area (Å²) in [5, 5.41) is 0. The SMILES string of the molecule is CC(C)CCC[C@@H](C)[C@H]1CC[C@H]2[C@@H]3CC(=O)C4CCC[CH][C@]4(C)[C@H]3CC[C@]12C. The number of rotatable bonds is 5. The van der Waals surface area contributed by atoms with Crippen molar-refractivity contribution < 1.29 is 4.79 Å². The minimum absolute atomic E-state index is 0.209. The number of hydrogen-bond acceptors (Lipinski definition) is 1. The fourth-order valence-electron chi connectivity index (χ4n) is 8.85. The maximum absolute atomic E-state index is 13.2. The summed E-state index contributed by atoms with van der Waals surface area (Å²) >= 11 is 0. The van der Waals surface area contributed by atoms with E-state index in [2.05, 4.69) is 41.0 Å². The highest BCUT2D eigenvalue weighted by atomic mass is 16.1. The molecule has 4 fully saturated rings. The Morgan fingerprint density at radius 1 is 1.04 bits per heavy atom. The van der Waals surface area contributed by atoms with Crippen molar-refractivity contribution >= 4 is 5.78 Å². The highest BCUT2D eigenvalue weighted by molar-refractivity contribution is 5.83. The van der Waals surface area contributed by atoms with Crippen LogP contribution in [-0.4, -0.2) is 5.78 Å². The van der Waals surface area contributed by atoms with E-state index in [1.54, 1.807) is 0 Å². The van der Waals surface area contributed by atoms with E-state index in [-0.39, 0.29) is 5.41 Å². The quantitative estimate of drug-likeness (QED) is 0.479. The monoisotopic (exact) mass is 385 g/mol. The smallest absolute Gasteiger partial charge is 0.136 e. The van der Waals surface area contributed by atoms with Gasteiger partial charge in [0.15, 0.2) is 0 Å². The van der Waals surface area contributed by atoms with E-state index >= 15 is 0 Å². The van der Waals surface area contributed by atoms with Crippen LogP contribution in [0.3, 0.4) is 0 Å². The molecule has 28 heavy (non-hydrogen) atoms. The van der Waals surface area contributed by atoms with Crippen LogP contribution in [0.15, 0.2) is 0 Å². The summed E-state index contributed by atoms with van der Waals surface area (Å²) in [6, 6.07) is 0. The van der Waals surface area contributed by atoms with E-state index in [1.807, 2.05) is 0 Å². The Balaban J connectivity index is 1.50. The zero-order valence-corrected chi connectivity index (χ0v) is 19.3. The molecule has 0 spiro atoms. The van der Waals surface area contributed by atoms with Crippen LogP contribution in [0, 0.1) is 58.7 Å². The molecule has 0 aliphatic heterocycles. The van der Waals surface area contributed by atoms with Gasteiger partial charge in [0.1, 0.15) is 5.78 Å². The topological polar surface area (TPSA) is 17.1 Å². The molecule has 0 heterocycles. The minimum Gasteiger partial charge on any atom is -0.299 e. The van der Waals surface area contributed by atoms with Crippen LogP contribution in [0.2, 0.25) is 0 Å². The van der Waals surface area contributed by atoms with Crippen molar-refractivity contribution in [2.45, 2.75) is 105 Å². The van der Waals surface area contributed by atoms with Crippen LogP contribution < -0.4 is 0 Å². The highest BCUT2D eigenvalue weighted by Crippen LogP contribution is 2.67. The summed E-state index contributed by atoms with van der Waals surface area (Å²) in [5.41, 5.74) is 0.705. The summed E-state index contributed by atoms with van der Waals surface area (Å²) in [4.78, 5) is 13.2. The molecule has 1 heteroatoms. The second-order valence-electron chi connectivity index (χ2n) is 12.1. The molecule has 8 atom stereocenters. The molecule has 0 amide bonds. The van der Waals surface area contributed by atoms with Crippen molar-refractivity contribution in [3.63, 3.8) is 0 Å². The van der Waals surface area contributed by atoms with Gasteiger partial charge >= 0.3 is 0 Å². The van der Waals surface area contributed by atoms with Gasteiger partial charge in [-0.15, -0.1) is 0 Å². The molecule has 1 unspecified atom stereocenters. The zero-order chi connectivity index (χ0) is 20.1. The van der Waals surface area contributed by atoms with Gasteiger partial charge in [-0.25, -0.2) is 0 Å². The molecule has 159 valence electrons. The van der Waals surface area contributed by atoms with Gasteiger partial charge in [-0.3, -0.25) is 4.79 Å². The number of ketones is 1. The second kappa shape index (κ2) is 7.73. The number of carbonyl (C=O) groups excluding carboxylic acids is 1. The average molecular weight is 386 g/mol. The Hall–Kier alpha value is -0.330. The molecule has 4 aliphatic rings. The third-order valence-corrected chi connectivity index (χ3v) is 10.3. The first-order chi connectivity index (χ1) is 13.3. The maximum Gasteiger partial charge on any atom is 0.136 e. The van der Waals surface area contributed by atoms with Crippen LogP contribution in [-0.2, 0) is 4.79 Å². The van der Waals surface area contributed by atoms with Gasteiger partial charge < -0.3 is 0 Å². The molecular weight excluding hydrogens is 340 g/mol. The lowest BCUT2D eigenvalue weighted by Crippen LogP contribution is -2.56. The first-order valence-corrected chi connectivity index (χ1v) is 12.6. The van der Waals surface area contributed by atoms with Gasteiger partial charge in [-0.05, 0) is 91.3 Å². The summed E-state index contributed by atoms with van der Waals surface area (Å²) in [7, 11) is 0. The summed E-state index contributed by atoms with van der Waals surface area (Å²) < 4.78 is 0. The van der Waals surface area contributed by atoms with Gasteiger partial charge in [-0.2, -0.15) is 0 Å². The number of fused-ring (bicyclic) bond motifs is 5. The third kappa shape index (κ3) is 3.31. The van der Waals surface area contributed by atoms with Crippen molar-refractivity contribution in [2.24, 2.45) is 52.3 Å². The average Bonchev–Trinajstić information content (AvgIpc) is 2.99. The molecule has 4 rings (SSSR count). The van der Waals surface area contributed by atoms with Gasteiger partial charge in [-0.1, -0.05) is 60.3 Å². The molecule has 1 nitrogen and oxygen atoms in total. The van der Waals surface area contributed by atoms with Crippen molar-refractivity contribution in [3.05, 3.63) is 6.42 Å². The van der Waals surface area contributed by atoms with E-state index < -0.39 is 0 Å². The molecule has 0 aromatic carbocycles. The van der Waals surface area contributed by atoms with E-state index in [0.29, 0.717) is 23.0 Å². The first kappa shape index (κ1) is 20.9. The Morgan fingerprint density at radius 3 is 2.57 bits per heavy atom.